The van der Waals surface area contributed by atoms with Crippen LogP contribution in [0.5, 0.6) is 5.75 Å². The Kier molecular flexibility index (Phi) is 6.14. The van der Waals surface area contributed by atoms with E-state index < -0.39 is 12.0 Å². The van der Waals surface area contributed by atoms with E-state index >= 15 is 0 Å². The lowest BCUT2D eigenvalue weighted by Crippen LogP contribution is -2.34. The Labute approximate surface area is 150 Å². The van der Waals surface area contributed by atoms with E-state index in [0.717, 1.165) is 0 Å². The molecule has 0 saturated heterocycles. The topological polar surface area (TPSA) is 114 Å². The van der Waals surface area contributed by atoms with Gasteiger partial charge < -0.3 is 20.4 Å². The molecule has 6 nitrogen and oxygen atoms in total. The molecule has 2 aromatic carbocycles. The average Bonchev–Trinajstić information content (AvgIpc) is 2.61. The van der Waals surface area contributed by atoms with E-state index in [0.29, 0.717) is 22.3 Å². The largest absolute Gasteiger partial charge is 0.507 e. The normalized spacial score (nSPS) is 11.7. The minimum Gasteiger partial charge on any atom is -0.507 e. The second-order valence-electron chi connectivity index (χ2n) is 6.10. The Morgan fingerprint density at radius 2 is 1.69 bits per heavy atom. The maximum Gasteiger partial charge on any atom is 0.320 e. The molecule has 0 saturated carbocycles. The van der Waals surface area contributed by atoms with Crippen molar-refractivity contribution < 1.29 is 19.4 Å². The van der Waals surface area contributed by atoms with Crippen LogP contribution in [0, 0.1) is 5.92 Å². The maximum absolute atomic E-state index is 11.9. The molecule has 4 N–H and O–H groups in total. The third-order valence-electron chi connectivity index (χ3n) is 3.81. The molecule has 0 amide bonds. The Hall–Kier alpha value is -3.12. The standard InChI is InChI=1S/C15H10O3.C5H11NO2/c16-12-7-3-1-5-10(12)15-9-13(17)11-6-2-4-8-14(11)18-15;1-3(2)4(6)5(7)8/h1-9,16H;3-4H,6H2,1-2H3,(H,7,8)/t;4-/m.0/s1. The van der Waals surface area contributed by atoms with Crippen LogP contribution in [0.3, 0.4) is 0 Å². The highest BCUT2D eigenvalue weighted by Crippen LogP contribution is 2.29. The first-order valence-electron chi connectivity index (χ1n) is 8.11. The summed E-state index contributed by atoms with van der Waals surface area (Å²) in [6, 6.07) is 14.5. The average molecular weight is 355 g/mol. The molecule has 0 aliphatic heterocycles. The summed E-state index contributed by atoms with van der Waals surface area (Å²) >= 11 is 0. The summed E-state index contributed by atoms with van der Waals surface area (Å²) in [5.74, 6) is -0.444. The molecule has 1 heterocycles. The fraction of sp³-hybridized carbons (Fsp3) is 0.200. The van der Waals surface area contributed by atoms with Crippen LogP contribution in [0.1, 0.15) is 13.8 Å². The van der Waals surface area contributed by atoms with Crippen molar-refractivity contribution in [3.63, 3.8) is 0 Å². The Morgan fingerprint density at radius 1 is 1.08 bits per heavy atom. The van der Waals surface area contributed by atoms with Crippen molar-refractivity contribution in [3.8, 4) is 17.1 Å². The quantitative estimate of drug-likeness (QED) is 0.665. The minimum absolute atomic E-state index is 0.0208. The first-order chi connectivity index (χ1) is 12.3. The number of hydrogen-bond acceptors (Lipinski definition) is 5. The van der Waals surface area contributed by atoms with Crippen molar-refractivity contribution in [2.24, 2.45) is 11.7 Å². The van der Waals surface area contributed by atoms with Crippen LogP contribution in [-0.4, -0.2) is 22.2 Å². The van der Waals surface area contributed by atoms with Crippen molar-refractivity contribution in [1.29, 1.82) is 0 Å². The lowest BCUT2D eigenvalue weighted by atomic mass is 10.1. The third-order valence-corrected chi connectivity index (χ3v) is 3.81. The zero-order chi connectivity index (χ0) is 19.3. The van der Waals surface area contributed by atoms with Crippen molar-refractivity contribution in [1.82, 2.24) is 0 Å². The molecule has 1 atom stereocenters. The number of rotatable bonds is 3. The number of benzene rings is 2. The molecule has 0 unspecified atom stereocenters. The highest BCUT2D eigenvalue weighted by atomic mass is 16.4. The van der Waals surface area contributed by atoms with Crippen LogP contribution in [0.4, 0.5) is 0 Å². The van der Waals surface area contributed by atoms with Crippen LogP contribution >= 0.6 is 0 Å². The minimum atomic E-state index is -0.931. The SMILES string of the molecule is CC(C)[C@H](N)C(=O)O.O=c1cc(-c2ccccc2O)oc2ccccc12. The summed E-state index contributed by atoms with van der Waals surface area (Å²) in [6.45, 7) is 3.55. The molecule has 26 heavy (non-hydrogen) atoms. The van der Waals surface area contributed by atoms with Gasteiger partial charge in [0.15, 0.2) is 5.43 Å². The second kappa shape index (κ2) is 8.31. The van der Waals surface area contributed by atoms with Gasteiger partial charge in [-0.1, -0.05) is 38.1 Å². The van der Waals surface area contributed by atoms with Crippen LogP contribution in [-0.2, 0) is 4.79 Å². The van der Waals surface area contributed by atoms with Gasteiger partial charge in [0.25, 0.3) is 0 Å². The van der Waals surface area contributed by atoms with Gasteiger partial charge in [0, 0.05) is 6.07 Å². The molecule has 0 bridgehead atoms. The lowest BCUT2D eigenvalue weighted by molar-refractivity contribution is -0.139. The van der Waals surface area contributed by atoms with E-state index in [1.165, 1.54) is 6.07 Å². The summed E-state index contributed by atoms with van der Waals surface area (Å²) in [5, 5.41) is 18.5. The highest BCUT2D eigenvalue weighted by Gasteiger charge is 2.14. The molecule has 3 rings (SSSR count). The maximum atomic E-state index is 11.9. The van der Waals surface area contributed by atoms with Gasteiger partial charge in [-0.25, -0.2) is 0 Å². The highest BCUT2D eigenvalue weighted by molar-refractivity contribution is 5.79. The number of hydrogen-bond donors (Lipinski definition) is 3. The van der Waals surface area contributed by atoms with Crippen molar-refractivity contribution in [2.75, 3.05) is 0 Å². The van der Waals surface area contributed by atoms with Gasteiger partial charge in [0.1, 0.15) is 23.1 Å². The van der Waals surface area contributed by atoms with E-state index in [2.05, 4.69) is 0 Å². The Bertz CT molecular complexity index is 962. The fourth-order valence-electron chi connectivity index (χ4n) is 2.20. The molecule has 0 radical (unpaired) electrons. The first-order valence-corrected chi connectivity index (χ1v) is 8.11. The van der Waals surface area contributed by atoms with Gasteiger partial charge in [-0.3, -0.25) is 9.59 Å². The van der Waals surface area contributed by atoms with Crippen LogP contribution in [0.2, 0.25) is 0 Å². The fourth-order valence-corrected chi connectivity index (χ4v) is 2.20. The number of para-hydroxylation sites is 2. The van der Waals surface area contributed by atoms with Crippen molar-refractivity contribution in [3.05, 3.63) is 64.8 Å². The Balaban J connectivity index is 0.000000260. The predicted molar refractivity (Wildman–Crippen MR) is 100 cm³/mol. The number of carboxylic acids is 1. The molecule has 0 aliphatic carbocycles. The molecular weight excluding hydrogens is 334 g/mol. The van der Waals surface area contributed by atoms with Crippen molar-refractivity contribution in [2.45, 2.75) is 19.9 Å². The molecule has 3 aromatic rings. The molecule has 1 aromatic heterocycles. The van der Waals surface area contributed by atoms with Crippen molar-refractivity contribution >= 4 is 16.9 Å². The number of phenolic OH excluding ortho intramolecular Hbond substituents is 1. The first kappa shape index (κ1) is 19.2. The van der Waals surface area contributed by atoms with Gasteiger partial charge in [-0.2, -0.15) is 0 Å². The molecule has 0 aliphatic rings. The van der Waals surface area contributed by atoms with Gasteiger partial charge >= 0.3 is 5.97 Å². The summed E-state index contributed by atoms with van der Waals surface area (Å²) < 4.78 is 5.65. The van der Waals surface area contributed by atoms with Crippen LogP contribution < -0.4 is 11.2 Å². The van der Waals surface area contributed by atoms with Gasteiger partial charge in [0.2, 0.25) is 0 Å². The van der Waals surface area contributed by atoms with Crippen LogP contribution in [0.25, 0.3) is 22.3 Å². The summed E-state index contributed by atoms with van der Waals surface area (Å²) in [7, 11) is 0. The number of nitrogens with two attached hydrogens (primary N) is 1. The lowest BCUT2D eigenvalue weighted by Gasteiger charge is -2.07. The number of aromatic hydroxyl groups is 1. The molecule has 6 heteroatoms. The van der Waals surface area contributed by atoms with E-state index in [1.54, 1.807) is 62.4 Å². The predicted octanol–water partition coefficient (Wildman–Crippen LogP) is 3.22. The van der Waals surface area contributed by atoms with E-state index in [9.17, 15) is 14.7 Å². The van der Waals surface area contributed by atoms with E-state index in [-0.39, 0.29) is 17.1 Å². The zero-order valence-corrected chi connectivity index (χ0v) is 14.5. The third kappa shape index (κ3) is 4.49. The van der Waals surface area contributed by atoms with E-state index in [4.69, 9.17) is 15.3 Å². The number of carboxylic acid groups (broad SMARTS) is 1. The molecule has 0 fully saturated rings. The Morgan fingerprint density at radius 3 is 2.27 bits per heavy atom. The summed E-state index contributed by atoms with van der Waals surface area (Å²) in [5.41, 5.74) is 6.08. The van der Waals surface area contributed by atoms with Crippen LogP contribution in [0.15, 0.2) is 63.8 Å². The second-order valence-corrected chi connectivity index (χ2v) is 6.10. The number of fused-ring (bicyclic) bond motifs is 1. The number of aliphatic carboxylic acids is 1. The molecular formula is C20H21NO5. The van der Waals surface area contributed by atoms with E-state index in [1.807, 2.05) is 0 Å². The number of phenols is 1. The zero-order valence-electron chi connectivity index (χ0n) is 14.5. The summed E-state index contributed by atoms with van der Waals surface area (Å²) in [6.07, 6.45) is 0. The monoisotopic (exact) mass is 355 g/mol. The summed E-state index contributed by atoms with van der Waals surface area (Å²) in [4.78, 5) is 22.0. The van der Waals surface area contributed by atoms with Gasteiger partial charge in [-0.15, -0.1) is 0 Å². The van der Waals surface area contributed by atoms with Gasteiger partial charge in [0.05, 0.1) is 10.9 Å². The number of carbonyl (C=O) groups is 1. The molecule has 136 valence electrons. The smallest absolute Gasteiger partial charge is 0.320 e. The molecule has 0 spiro atoms. The van der Waals surface area contributed by atoms with Gasteiger partial charge in [-0.05, 0) is 30.2 Å².